The van der Waals surface area contributed by atoms with Crippen LogP contribution in [0.25, 0.3) is 0 Å². The molecule has 0 aromatic heterocycles. The SMILES string of the molecule is NC(C(=O)O)C(=O)O.[Pt+2]. The fourth-order valence-electron chi connectivity index (χ4n) is 0.106. The molecule has 0 aromatic rings. The number of nitrogens with two attached hydrogens (primary N) is 1. The Morgan fingerprint density at radius 1 is 1.22 bits per heavy atom. The van der Waals surface area contributed by atoms with Crippen molar-refractivity contribution in [1.82, 2.24) is 0 Å². The number of carbonyl (C=O) groups is 2. The molecule has 0 heterocycles. The van der Waals surface area contributed by atoms with E-state index < -0.39 is 18.0 Å². The Morgan fingerprint density at radius 2 is 1.44 bits per heavy atom. The van der Waals surface area contributed by atoms with Crippen LogP contribution in [0.4, 0.5) is 0 Å². The van der Waals surface area contributed by atoms with E-state index in [-0.39, 0.29) is 21.1 Å². The summed E-state index contributed by atoms with van der Waals surface area (Å²) in [6, 6.07) is -1.80. The van der Waals surface area contributed by atoms with Gasteiger partial charge < -0.3 is 15.9 Å². The van der Waals surface area contributed by atoms with Crippen molar-refractivity contribution in [2.75, 3.05) is 0 Å². The van der Waals surface area contributed by atoms with Gasteiger partial charge in [0.1, 0.15) is 0 Å². The molecule has 0 saturated heterocycles. The molecular formula is C3H5NO4Pt+2. The van der Waals surface area contributed by atoms with Crippen LogP contribution in [-0.4, -0.2) is 28.2 Å². The van der Waals surface area contributed by atoms with Gasteiger partial charge in [-0.15, -0.1) is 0 Å². The third-order valence-corrected chi connectivity index (χ3v) is 0.532. The van der Waals surface area contributed by atoms with Crippen molar-refractivity contribution in [3.8, 4) is 0 Å². The van der Waals surface area contributed by atoms with E-state index in [2.05, 4.69) is 5.73 Å². The molecule has 6 heteroatoms. The minimum atomic E-state index is -1.80. The van der Waals surface area contributed by atoms with Crippen LogP contribution in [-0.2, 0) is 30.7 Å². The summed E-state index contributed by atoms with van der Waals surface area (Å²) < 4.78 is 0. The molecule has 0 aliphatic heterocycles. The van der Waals surface area contributed by atoms with Crippen LogP contribution in [0.5, 0.6) is 0 Å². The minimum absolute atomic E-state index is 0. The van der Waals surface area contributed by atoms with Gasteiger partial charge in [0.15, 0.2) is 0 Å². The van der Waals surface area contributed by atoms with Crippen molar-refractivity contribution >= 4 is 11.9 Å². The van der Waals surface area contributed by atoms with Gasteiger partial charge in [0.25, 0.3) is 0 Å². The molecule has 0 atom stereocenters. The quantitative estimate of drug-likeness (QED) is 0.538. The number of hydrogen-bond donors (Lipinski definition) is 3. The van der Waals surface area contributed by atoms with Gasteiger partial charge in [-0.25, -0.2) is 9.59 Å². The third kappa shape index (κ3) is 4.12. The van der Waals surface area contributed by atoms with E-state index in [1.54, 1.807) is 0 Å². The molecule has 0 fully saturated rings. The Bertz CT molecular complexity index is 111. The average Bonchev–Trinajstić information content (AvgIpc) is 1.64. The van der Waals surface area contributed by atoms with Gasteiger partial charge in [-0.3, -0.25) is 0 Å². The third-order valence-electron chi connectivity index (χ3n) is 0.532. The Morgan fingerprint density at radius 3 is 1.44 bits per heavy atom. The van der Waals surface area contributed by atoms with Crippen molar-refractivity contribution in [3.63, 3.8) is 0 Å². The largest absolute Gasteiger partial charge is 2.00 e. The summed E-state index contributed by atoms with van der Waals surface area (Å²) in [7, 11) is 0. The van der Waals surface area contributed by atoms with Crippen LogP contribution >= 0.6 is 0 Å². The first-order valence-corrected chi connectivity index (χ1v) is 1.77. The molecule has 0 aromatic carbocycles. The van der Waals surface area contributed by atoms with Crippen molar-refractivity contribution < 1.29 is 40.9 Å². The van der Waals surface area contributed by atoms with Crippen LogP contribution in [0.2, 0.25) is 0 Å². The number of carboxylic acid groups (broad SMARTS) is 2. The zero-order chi connectivity index (χ0) is 6.73. The second-order valence-electron chi connectivity index (χ2n) is 1.15. The van der Waals surface area contributed by atoms with E-state index in [1.807, 2.05) is 0 Å². The Balaban J connectivity index is 0. The maximum absolute atomic E-state index is 9.63. The molecule has 4 N–H and O–H groups in total. The van der Waals surface area contributed by atoms with E-state index in [0.29, 0.717) is 0 Å². The molecule has 0 saturated carbocycles. The van der Waals surface area contributed by atoms with Gasteiger partial charge in [0, 0.05) is 0 Å². The second-order valence-corrected chi connectivity index (χ2v) is 1.15. The van der Waals surface area contributed by atoms with E-state index >= 15 is 0 Å². The van der Waals surface area contributed by atoms with Gasteiger partial charge in [0.2, 0.25) is 6.04 Å². The molecule has 0 bridgehead atoms. The summed E-state index contributed by atoms with van der Waals surface area (Å²) in [5.74, 6) is -3.06. The van der Waals surface area contributed by atoms with E-state index in [9.17, 15) is 9.59 Å². The van der Waals surface area contributed by atoms with Gasteiger partial charge >= 0.3 is 33.0 Å². The molecule has 0 radical (unpaired) electrons. The van der Waals surface area contributed by atoms with E-state index in [4.69, 9.17) is 10.2 Å². The number of carboxylic acids is 2. The molecule has 0 spiro atoms. The first-order valence-electron chi connectivity index (χ1n) is 1.77. The molecule has 54 valence electrons. The minimum Gasteiger partial charge on any atom is -0.480 e. The fraction of sp³-hybridized carbons (Fsp3) is 0.333. The van der Waals surface area contributed by atoms with Crippen molar-refractivity contribution in [2.45, 2.75) is 6.04 Å². The Labute approximate surface area is 65.1 Å². The molecule has 9 heavy (non-hydrogen) atoms. The maximum atomic E-state index is 9.63. The molecule has 0 rings (SSSR count). The molecule has 0 amide bonds. The molecular weight excluding hydrogens is 309 g/mol. The molecule has 0 aliphatic carbocycles. The van der Waals surface area contributed by atoms with E-state index in [1.165, 1.54) is 0 Å². The van der Waals surface area contributed by atoms with Gasteiger partial charge in [-0.05, 0) is 0 Å². The van der Waals surface area contributed by atoms with Gasteiger partial charge in [-0.1, -0.05) is 0 Å². The monoisotopic (exact) mass is 314 g/mol. The Hall–Kier alpha value is -0.412. The topological polar surface area (TPSA) is 101 Å². The first kappa shape index (κ1) is 11.4. The number of hydrogen-bond acceptors (Lipinski definition) is 3. The van der Waals surface area contributed by atoms with Crippen molar-refractivity contribution in [3.05, 3.63) is 0 Å². The van der Waals surface area contributed by atoms with Crippen LogP contribution in [0, 0.1) is 0 Å². The van der Waals surface area contributed by atoms with Crippen molar-refractivity contribution in [1.29, 1.82) is 0 Å². The Kier molecular flexibility index (Phi) is 5.65. The molecule has 5 nitrogen and oxygen atoms in total. The van der Waals surface area contributed by atoms with Crippen molar-refractivity contribution in [2.24, 2.45) is 5.73 Å². The van der Waals surface area contributed by atoms with Crippen LogP contribution in [0.3, 0.4) is 0 Å². The summed E-state index contributed by atoms with van der Waals surface area (Å²) >= 11 is 0. The van der Waals surface area contributed by atoms with Gasteiger partial charge in [0.05, 0.1) is 0 Å². The summed E-state index contributed by atoms with van der Waals surface area (Å²) in [6.45, 7) is 0. The number of aliphatic carboxylic acids is 2. The van der Waals surface area contributed by atoms with Crippen LogP contribution in [0.15, 0.2) is 0 Å². The fourth-order valence-corrected chi connectivity index (χ4v) is 0.106. The summed E-state index contributed by atoms with van der Waals surface area (Å²) in [5, 5.41) is 15.7. The predicted molar refractivity (Wildman–Crippen MR) is 23.2 cm³/mol. The summed E-state index contributed by atoms with van der Waals surface area (Å²) in [6.07, 6.45) is 0. The standard InChI is InChI=1S/C3H5NO4.Pt/c4-1(2(5)6)3(7)8;/h1H,4H2,(H,5,6)(H,7,8);/q;+2. The maximum Gasteiger partial charge on any atom is 2.00 e. The smallest absolute Gasteiger partial charge is 0.480 e. The van der Waals surface area contributed by atoms with Crippen LogP contribution in [0.1, 0.15) is 0 Å². The zero-order valence-corrected chi connectivity index (χ0v) is 6.45. The van der Waals surface area contributed by atoms with Crippen LogP contribution < -0.4 is 5.73 Å². The zero-order valence-electron chi connectivity index (χ0n) is 4.18. The second kappa shape index (κ2) is 4.47. The predicted octanol–water partition coefficient (Wildman–Crippen LogP) is -1.52. The van der Waals surface area contributed by atoms with Gasteiger partial charge in [-0.2, -0.15) is 0 Å². The van der Waals surface area contributed by atoms with E-state index in [0.717, 1.165) is 0 Å². The summed E-state index contributed by atoms with van der Waals surface area (Å²) in [5.41, 5.74) is 4.56. The number of rotatable bonds is 2. The first-order chi connectivity index (χ1) is 3.55. The summed E-state index contributed by atoms with van der Waals surface area (Å²) in [4.78, 5) is 19.3. The molecule has 0 aliphatic rings. The normalized spacial score (nSPS) is 8.22. The molecule has 0 unspecified atom stereocenters. The average molecular weight is 314 g/mol.